The van der Waals surface area contributed by atoms with Crippen molar-refractivity contribution < 1.29 is 28.6 Å². The van der Waals surface area contributed by atoms with Crippen LogP contribution in [0.2, 0.25) is 0 Å². The fraction of sp³-hybridized carbons (Fsp3) is 0.833. The molecule has 0 aromatic rings. The van der Waals surface area contributed by atoms with Crippen molar-refractivity contribution >= 4 is 18.3 Å². The van der Waals surface area contributed by atoms with Crippen LogP contribution in [0.3, 0.4) is 0 Å². The quantitative estimate of drug-likeness (QED) is 0.245. The molecule has 0 aromatic heterocycles. The second-order valence-electron chi connectivity index (χ2n) is 6.23. The summed E-state index contributed by atoms with van der Waals surface area (Å²) in [7, 11) is 1.27. The van der Waals surface area contributed by atoms with Gasteiger partial charge in [-0.05, 0) is 26.7 Å². The molecule has 0 spiro atoms. The molecule has 0 fully saturated rings. The maximum absolute atomic E-state index is 11.9. The second kappa shape index (κ2) is 15.8. The normalized spacial score (nSPS) is 12.6. The maximum atomic E-state index is 11.9. The number of hydrogen-bond acceptors (Lipinski definition) is 7. The van der Waals surface area contributed by atoms with Crippen LogP contribution in [0.15, 0.2) is 0 Å². The summed E-state index contributed by atoms with van der Waals surface area (Å²) in [6, 6.07) is 0. The van der Waals surface area contributed by atoms with E-state index in [1.165, 1.54) is 7.11 Å². The number of methoxy groups -OCH3 is 1. The van der Waals surface area contributed by atoms with Crippen LogP contribution in [0.4, 0.5) is 14.4 Å². The molecular formula is C18H36N4O6. The lowest BCUT2D eigenvalue weighted by Gasteiger charge is -2.33. The van der Waals surface area contributed by atoms with Gasteiger partial charge in [0.1, 0.15) is 0 Å². The topological polar surface area (TPSA) is 118 Å². The van der Waals surface area contributed by atoms with Gasteiger partial charge in [0, 0.05) is 26.2 Å². The molecule has 0 aliphatic rings. The minimum absolute atomic E-state index is 0.225. The van der Waals surface area contributed by atoms with Crippen LogP contribution >= 0.6 is 0 Å². The Morgan fingerprint density at radius 3 is 1.61 bits per heavy atom. The van der Waals surface area contributed by atoms with Gasteiger partial charge >= 0.3 is 18.3 Å². The Bertz CT molecular complexity index is 433. The first-order valence-corrected chi connectivity index (χ1v) is 9.82. The van der Waals surface area contributed by atoms with Crippen molar-refractivity contribution in [1.29, 1.82) is 0 Å². The van der Waals surface area contributed by atoms with E-state index < -0.39 is 30.7 Å². The van der Waals surface area contributed by atoms with E-state index in [0.717, 1.165) is 25.7 Å². The van der Waals surface area contributed by atoms with E-state index in [1.807, 2.05) is 13.8 Å². The highest BCUT2D eigenvalue weighted by atomic mass is 16.6. The molecule has 0 bridgehead atoms. The van der Waals surface area contributed by atoms with Gasteiger partial charge in [-0.3, -0.25) is 0 Å². The summed E-state index contributed by atoms with van der Waals surface area (Å²) in [6.45, 7) is 8.95. The molecule has 0 radical (unpaired) electrons. The second-order valence-corrected chi connectivity index (χ2v) is 6.23. The van der Waals surface area contributed by atoms with Gasteiger partial charge in [0.25, 0.3) is 0 Å². The Morgan fingerprint density at radius 1 is 0.786 bits per heavy atom. The highest BCUT2D eigenvalue weighted by Gasteiger charge is 2.25. The molecular weight excluding hydrogens is 368 g/mol. The number of nitrogens with one attached hydrogen (secondary N) is 3. The minimum Gasteiger partial charge on any atom is -0.453 e. The molecule has 3 amide bonds. The maximum Gasteiger partial charge on any atom is 0.408 e. The zero-order valence-corrected chi connectivity index (χ0v) is 17.7. The van der Waals surface area contributed by atoms with E-state index in [0.29, 0.717) is 13.1 Å². The molecule has 0 aliphatic heterocycles. The fourth-order valence-corrected chi connectivity index (χ4v) is 2.28. The number of rotatable bonds is 13. The number of carbonyl (C=O) groups is 3. The summed E-state index contributed by atoms with van der Waals surface area (Å²) in [6.07, 6.45) is 0.591. The monoisotopic (exact) mass is 404 g/mol. The first-order chi connectivity index (χ1) is 13.3. The first kappa shape index (κ1) is 25.8. The van der Waals surface area contributed by atoms with Gasteiger partial charge in [0.15, 0.2) is 12.5 Å². The van der Waals surface area contributed by atoms with Gasteiger partial charge in [0.05, 0.1) is 7.11 Å². The molecule has 10 nitrogen and oxygen atoms in total. The molecule has 0 saturated heterocycles. The van der Waals surface area contributed by atoms with Crippen LogP contribution in [-0.2, 0) is 14.2 Å². The van der Waals surface area contributed by atoms with Crippen LogP contribution in [0.1, 0.15) is 53.4 Å². The average Bonchev–Trinajstić information content (AvgIpc) is 2.65. The Hall–Kier alpha value is -2.23. The zero-order chi connectivity index (χ0) is 21.4. The summed E-state index contributed by atoms with van der Waals surface area (Å²) in [5.41, 5.74) is 0. The van der Waals surface area contributed by atoms with Gasteiger partial charge in [0.2, 0.25) is 0 Å². The molecule has 0 heterocycles. The summed E-state index contributed by atoms with van der Waals surface area (Å²) < 4.78 is 15.3. The van der Waals surface area contributed by atoms with Crippen molar-refractivity contribution in [3.8, 4) is 0 Å². The number of nitrogens with zero attached hydrogens (tertiary/aromatic N) is 1. The summed E-state index contributed by atoms with van der Waals surface area (Å²) in [5, 5.41) is 7.89. The predicted octanol–water partition coefficient (Wildman–Crippen LogP) is 2.39. The molecule has 2 atom stereocenters. The third-order valence-corrected chi connectivity index (χ3v) is 3.91. The lowest BCUT2D eigenvalue weighted by molar-refractivity contribution is -0.0905. The first-order valence-electron chi connectivity index (χ1n) is 9.82. The fourth-order valence-electron chi connectivity index (χ4n) is 2.28. The molecule has 0 aliphatic carbocycles. The van der Waals surface area contributed by atoms with E-state index in [2.05, 4.69) is 20.7 Å². The SMILES string of the molecule is CCCCNC(=O)OC(C)N(CCNC(=O)OC)C(C)OC(=O)NCCCC. The Kier molecular flexibility index (Phi) is 14.5. The molecule has 3 N–H and O–H groups in total. The summed E-state index contributed by atoms with van der Waals surface area (Å²) >= 11 is 0. The molecule has 28 heavy (non-hydrogen) atoms. The van der Waals surface area contributed by atoms with Crippen molar-refractivity contribution in [2.75, 3.05) is 33.3 Å². The van der Waals surface area contributed by atoms with Gasteiger partial charge in [-0.2, -0.15) is 0 Å². The zero-order valence-electron chi connectivity index (χ0n) is 17.7. The van der Waals surface area contributed by atoms with E-state index in [4.69, 9.17) is 9.47 Å². The van der Waals surface area contributed by atoms with Gasteiger partial charge < -0.3 is 30.2 Å². The Labute approximate surface area is 167 Å². The van der Waals surface area contributed by atoms with Crippen LogP contribution < -0.4 is 16.0 Å². The molecule has 0 aromatic carbocycles. The number of unbranched alkanes of at least 4 members (excludes halogenated alkanes) is 2. The van der Waals surface area contributed by atoms with Crippen molar-refractivity contribution in [1.82, 2.24) is 20.9 Å². The number of hydrogen-bond donors (Lipinski definition) is 3. The number of amides is 3. The predicted molar refractivity (Wildman–Crippen MR) is 105 cm³/mol. The molecule has 10 heteroatoms. The Balaban J connectivity index is 4.74. The molecule has 164 valence electrons. The van der Waals surface area contributed by atoms with E-state index >= 15 is 0 Å². The molecule has 0 saturated carbocycles. The standard InChI is InChI=1S/C18H36N4O6/c1-6-8-10-19-17(24)27-14(3)22(13-12-21-16(23)26-5)15(4)28-18(25)20-11-9-7-2/h14-15H,6-13H2,1-5H3,(H,19,24)(H,20,25)(H,21,23). The van der Waals surface area contributed by atoms with Crippen LogP contribution in [0.5, 0.6) is 0 Å². The van der Waals surface area contributed by atoms with Gasteiger partial charge in [-0.25, -0.2) is 19.3 Å². The van der Waals surface area contributed by atoms with Crippen LogP contribution in [0, 0.1) is 0 Å². The molecule has 0 rings (SSSR count). The van der Waals surface area contributed by atoms with Crippen LogP contribution in [-0.4, -0.2) is 68.9 Å². The highest BCUT2D eigenvalue weighted by molar-refractivity contribution is 5.68. The van der Waals surface area contributed by atoms with Crippen molar-refractivity contribution in [3.63, 3.8) is 0 Å². The van der Waals surface area contributed by atoms with Crippen molar-refractivity contribution in [3.05, 3.63) is 0 Å². The summed E-state index contributed by atoms with van der Waals surface area (Å²) in [5.74, 6) is 0. The minimum atomic E-state index is -0.681. The third kappa shape index (κ3) is 12.2. The number of carbonyl (C=O) groups excluding carboxylic acids is 3. The smallest absolute Gasteiger partial charge is 0.408 e. The summed E-state index contributed by atoms with van der Waals surface area (Å²) in [4.78, 5) is 36.7. The largest absolute Gasteiger partial charge is 0.453 e. The number of alkyl carbamates (subject to hydrolysis) is 3. The molecule has 2 unspecified atom stereocenters. The highest BCUT2D eigenvalue weighted by Crippen LogP contribution is 2.09. The number of ether oxygens (including phenoxy) is 3. The Morgan fingerprint density at radius 2 is 1.21 bits per heavy atom. The van der Waals surface area contributed by atoms with Crippen molar-refractivity contribution in [2.45, 2.75) is 65.8 Å². The van der Waals surface area contributed by atoms with Gasteiger partial charge in [-0.15, -0.1) is 0 Å². The van der Waals surface area contributed by atoms with Crippen molar-refractivity contribution in [2.24, 2.45) is 0 Å². The van der Waals surface area contributed by atoms with E-state index in [-0.39, 0.29) is 13.1 Å². The lowest BCUT2D eigenvalue weighted by atomic mass is 10.3. The average molecular weight is 405 g/mol. The van der Waals surface area contributed by atoms with E-state index in [1.54, 1.807) is 18.7 Å². The lowest BCUT2D eigenvalue weighted by Crippen LogP contribution is -2.49. The van der Waals surface area contributed by atoms with Crippen LogP contribution in [0.25, 0.3) is 0 Å². The van der Waals surface area contributed by atoms with E-state index in [9.17, 15) is 14.4 Å². The third-order valence-electron chi connectivity index (χ3n) is 3.91. The van der Waals surface area contributed by atoms with Gasteiger partial charge in [-0.1, -0.05) is 26.7 Å².